The molecule has 2 rings (SSSR count). The van der Waals surface area contributed by atoms with Crippen LogP contribution in [0, 0.1) is 0 Å². The van der Waals surface area contributed by atoms with E-state index >= 15 is 0 Å². The standard InChI is InChI=1S/C13H15BrN2O3/c1-13(2,3)19-12(18)16-6-8-4-9(14)5-15-11(8)10(17)7-16/h4-5H,6-7H2,1-3H3. The largest absolute Gasteiger partial charge is 0.444 e. The van der Waals surface area contributed by atoms with Crippen molar-refractivity contribution in [3.8, 4) is 0 Å². The van der Waals surface area contributed by atoms with Gasteiger partial charge in [-0.15, -0.1) is 0 Å². The van der Waals surface area contributed by atoms with Crippen LogP contribution in [-0.2, 0) is 11.3 Å². The van der Waals surface area contributed by atoms with Crippen LogP contribution in [0.2, 0.25) is 0 Å². The highest BCUT2D eigenvalue weighted by Crippen LogP contribution is 2.22. The van der Waals surface area contributed by atoms with Crippen molar-refractivity contribution >= 4 is 27.8 Å². The third-order valence-corrected chi connectivity index (χ3v) is 2.98. The average Bonchev–Trinajstić information content (AvgIpc) is 2.25. The van der Waals surface area contributed by atoms with Gasteiger partial charge in [-0.1, -0.05) is 0 Å². The first-order chi connectivity index (χ1) is 8.76. The number of ketones is 1. The molecule has 1 aliphatic rings. The molecule has 6 heteroatoms. The van der Waals surface area contributed by atoms with E-state index in [0.717, 1.165) is 10.0 Å². The second-order valence-corrected chi connectivity index (χ2v) is 6.34. The molecular formula is C13H15BrN2O3. The van der Waals surface area contributed by atoms with Gasteiger partial charge in [0.15, 0.2) is 0 Å². The molecule has 19 heavy (non-hydrogen) atoms. The number of hydrogen-bond donors (Lipinski definition) is 0. The SMILES string of the molecule is CC(C)(C)OC(=O)N1CC(=O)c2ncc(Br)cc2C1. The van der Waals surface area contributed by atoms with Gasteiger partial charge >= 0.3 is 6.09 Å². The quantitative estimate of drug-likeness (QED) is 0.735. The molecule has 0 radical (unpaired) electrons. The summed E-state index contributed by atoms with van der Waals surface area (Å²) in [5.41, 5.74) is 0.593. The lowest BCUT2D eigenvalue weighted by atomic mass is 10.1. The number of aromatic nitrogens is 1. The van der Waals surface area contributed by atoms with Crippen LogP contribution >= 0.6 is 15.9 Å². The number of nitrogens with zero attached hydrogens (tertiary/aromatic N) is 2. The molecule has 0 fully saturated rings. The highest BCUT2D eigenvalue weighted by Gasteiger charge is 2.30. The first-order valence-electron chi connectivity index (χ1n) is 5.92. The minimum absolute atomic E-state index is 0.0105. The van der Waals surface area contributed by atoms with Crippen LogP contribution in [0.5, 0.6) is 0 Å². The topological polar surface area (TPSA) is 59.5 Å². The predicted molar refractivity (Wildman–Crippen MR) is 72.9 cm³/mol. The van der Waals surface area contributed by atoms with Crippen molar-refractivity contribution in [3.63, 3.8) is 0 Å². The summed E-state index contributed by atoms with van der Waals surface area (Å²) in [6, 6.07) is 1.80. The third-order valence-electron chi connectivity index (χ3n) is 2.54. The van der Waals surface area contributed by atoms with E-state index in [1.54, 1.807) is 33.0 Å². The summed E-state index contributed by atoms with van der Waals surface area (Å²) in [6.45, 7) is 5.73. The lowest BCUT2D eigenvalue weighted by Gasteiger charge is -2.30. The van der Waals surface area contributed by atoms with Crippen molar-refractivity contribution in [2.45, 2.75) is 32.9 Å². The molecule has 1 aromatic heterocycles. The number of amides is 1. The second-order valence-electron chi connectivity index (χ2n) is 5.42. The molecular weight excluding hydrogens is 312 g/mol. The van der Waals surface area contributed by atoms with Gasteiger partial charge in [-0.3, -0.25) is 14.7 Å². The Morgan fingerprint density at radius 3 is 2.74 bits per heavy atom. The molecule has 0 saturated carbocycles. The van der Waals surface area contributed by atoms with E-state index in [9.17, 15) is 9.59 Å². The molecule has 1 amide bonds. The highest BCUT2D eigenvalue weighted by molar-refractivity contribution is 9.10. The molecule has 2 heterocycles. The van der Waals surface area contributed by atoms with Crippen LogP contribution in [0.3, 0.4) is 0 Å². The summed E-state index contributed by atoms with van der Waals surface area (Å²) in [7, 11) is 0. The van der Waals surface area contributed by atoms with E-state index in [-0.39, 0.29) is 12.3 Å². The normalized spacial score (nSPS) is 15.2. The van der Waals surface area contributed by atoms with E-state index in [1.165, 1.54) is 4.90 Å². The first kappa shape index (κ1) is 14.0. The third kappa shape index (κ3) is 3.32. The lowest BCUT2D eigenvalue weighted by Crippen LogP contribution is -2.42. The molecule has 0 aromatic carbocycles. The van der Waals surface area contributed by atoms with Gasteiger partial charge in [0.05, 0.1) is 13.1 Å². The molecule has 1 aliphatic heterocycles. The van der Waals surface area contributed by atoms with Crippen molar-refractivity contribution in [3.05, 3.63) is 28.0 Å². The predicted octanol–water partition coefficient (Wildman–Crippen LogP) is 2.78. The molecule has 1 aromatic rings. The second kappa shape index (κ2) is 4.92. The zero-order chi connectivity index (χ0) is 14.2. The van der Waals surface area contributed by atoms with Crippen molar-refractivity contribution in [1.82, 2.24) is 9.88 Å². The maximum absolute atomic E-state index is 12.0. The minimum atomic E-state index is -0.573. The van der Waals surface area contributed by atoms with Crippen LogP contribution in [0.25, 0.3) is 0 Å². The Kier molecular flexibility index (Phi) is 3.62. The number of fused-ring (bicyclic) bond motifs is 1. The highest BCUT2D eigenvalue weighted by atomic mass is 79.9. The van der Waals surface area contributed by atoms with Crippen LogP contribution in [0.4, 0.5) is 4.79 Å². The Labute approximate surface area is 120 Å². The van der Waals surface area contributed by atoms with E-state index in [2.05, 4.69) is 20.9 Å². The van der Waals surface area contributed by atoms with Crippen molar-refractivity contribution < 1.29 is 14.3 Å². The summed E-state index contributed by atoms with van der Waals surface area (Å²) < 4.78 is 6.06. The molecule has 102 valence electrons. The van der Waals surface area contributed by atoms with E-state index in [1.807, 2.05) is 0 Å². The summed E-state index contributed by atoms with van der Waals surface area (Å²) in [6.07, 6.45) is 1.10. The van der Waals surface area contributed by atoms with E-state index < -0.39 is 11.7 Å². The summed E-state index contributed by atoms with van der Waals surface area (Å²) in [4.78, 5) is 29.4. The Balaban J connectivity index is 2.21. The molecule has 0 N–H and O–H groups in total. The number of hydrogen-bond acceptors (Lipinski definition) is 4. The minimum Gasteiger partial charge on any atom is -0.444 e. The van der Waals surface area contributed by atoms with Crippen molar-refractivity contribution in [2.24, 2.45) is 0 Å². The molecule has 0 unspecified atom stereocenters. The number of pyridine rings is 1. The van der Waals surface area contributed by atoms with Gasteiger partial charge in [0.25, 0.3) is 0 Å². The molecule has 5 nitrogen and oxygen atoms in total. The number of carbonyl (C=O) groups excluding carboxylic acids is 2. The van der Waals surface area contributed by atoms with Crippen molar-refractivity contribution in [1.29, 1.82) is 0 Å². The zero-order valence-electron chi connectivity index (χ0n) is 11.1. The maximum atomic E-state index is 12.0. The monoisotopic (exact) mass is 326 g/mol. The molecule has 0 aliphatic carbocycles. The van der Waals surface area contributed by atoms with E-state index in [4.69, 9.17) is 4.74 Å². The Morgan fingerprint density at radius 1 is 1.42 bits per heavy atom. The fraction of sp³-hybridized carbons (Fsp3) is 0.462. The molecule has 0 spiro atoms. The van der Waals surface area contributed by atoms with Gasteiger partial charge in [0.2, 0.25) is 5.78 Å². The summed E-state index contributed by atoms with van der Waals surface area (Å²) in [5, 5.41) is 0. The first-order valence-corrected chi connectivity index (χ1v) is 6.71. The fourth-order valence-electron chi connectivity index (χ4n) is 1.82. The summed E-state index contributed by atoms with van der Waals surface area (Å²) >= 11 is 3.31. The number of Topliss-reactive ketones (excluding diaryl/α,β-unsaturated/α-hetero) is 1. The van der Waals surface area contributed by atoms with Crippen LogP contribution < -0.4 is 0 Å². The van der Waals surface area contributed by atoms with Gasteiger partial charge in [-0.2, -0.15) is 0 Å². The van der Waals surface area contributed by atoms with Crippen molar-refractivity contribution in [2.75, 3.05) is 6.54 Å². The Hall–Kier alpha value is -1.43. The van der Waals surface area contributed by atoms with Crippen LogP contribution in [0.15, 0.2) is 16.7 Å². The number of rotatable bonds is 0. The smallest absolute Gasteiger partial charge is 0.411 e. The molecule has 0 atom stereocenters. The fourth-order valence-corrected chi connectivity index (χ4v) is 2.20. The van der Waals surface area contributed by atoms with Gasteiger partial charge < -0.3 is 4.74 Å². The number of carbonyl (C=O) groups is 2. The van der Waals surface area contributed by atoms with Crippen LogP contribution in [-0.4, -0.2) is 33.9 Å². The van der Waals surface area contributed by atoms with Crippen LogP contribution in [0.1, 0.15) is 36.8 Å². The van der Waals surface area contributed by atoms with Gasteiger partial charge in [0, 0.05) is 16.2 Å². The lowest BCUT2D eigenvalue weighted by molar-refractivity contribution is 0.0219. The maximum Gasteiger partial charge on any atom is 0.411 e. The molecule has 0 saturated heterocycles. The zero-order valence-corrected chi connectivity index (χ0v) is 12.7. The average molecular weight is 327 g/mol. The number of ether oxygens (including phenoxy) is 1. The number of halogens is 1. The summed E-state index contributed by atoms with van der Waals surface area (Å²) in [5.74, 6) is -0.167. The van der Waals surface area contributed by atoms with Gasteiger partial charge in [-0.25, -0.2) is 4.79 Å². The Bertz CT molecular complexity index is 537. The van der Waals surface area contributed by atoms with Gasteiger partial charge in [0.1, 0.15) is 11.3 Å². The van der Waals surface area contributed by atoms with E-state index in [0.29, 0.717) is 12.2 Å². The molecule has 0 bridgehead atoms. The Morgan fingerprint density at radius 2 is 2.11 bits per heavy atom. The van der Waals surface area contributed by atoms with Gasteiger partial charge in [-0.05, 0) is 42.8 Å².